The Kier molecular flexibility index (Phi) is 43.0. The highest BCUT2D eigenvalue weighted by Gasteiger charge is 2.16. The third-order valence-electron chi connectivity index (χ3n) is 9.78. The summed E-state index contributed by atoms with van der Waals surface area (Å²) in [6.45, 7) is 4.09. The van der Waals surface area contributed by atoms with Crippen LogP contribution < -0.4 is 0 Å². The van der Waals surface area contributed by atoms with Gasteiger partial charge < -0.3 is 14.6 Å². The van der Waals surface area contributed by atoms with Crippen molar-refractivity contribution < 1.29 is 24.2 Å². The van der Waals surface area contributed by atoms with Crippen LogP contribution in [-0.4, -0.2) is 36.4 Å². The maximum Gasteiger partial charge on any atom is 0.306 e. The van der Waals surface area contributed by atoms with Crippen molar-refractivity contribution in [2.45, 2.75) is 225 Å². The molecule has 5 heteroatoms. The minimum Gasteiger partial charge on any atom is -0.462 e. The first-order valence-electron chi connectivity index (χ1n) is 22.8. The monoisotopic (exact) mass is 755 g/mol. The van der Waals surface area contributed by atoms with Crippen LogP contribution in [0.25, 0.3) is 0 Å². The standard InChI is InChI=1S/C49H86O5/c1-3-5-7-9-11-13-15-17-19-21-23-24-26-27-29-31-33-35-37-39-41-43-48(51)53-46-47(45-50)54-49(52)44-42-40-38-36-34-32-30-28-25-22-20-18-16-14-12-10-8-6-4-2/h18-21,24,26,29,31,35,37,47,50H,3-17,22-23,25,27-28,30,32-34,36,38-46H2,1-2H3/b20-18+,21-19+,26-24+,31-29+,37-35+/t47-/m0/s1. The molecule has 0 amide bonds. The summed E-state index contributed by atoms with van der Waals surface area (Å²) in [7, 11) is 0. The molecule has 1 atom stereocenters. The first-order chi connectivity index (χ1) is 26.6. The molecule has 0 radical (unpaired) electrons. The van der Waals surface area contributed by atoms with Crippen LogP contribution in [-0.2, 0) is 19.1 Å². The number of allylic oxidation sites excluding steroid dienone is 10. The number of hydrogen-bond acceptors (Lipinski definition) is 5. The average Bonchev–Trinajstić information content (AvgIpc) is 3.17. The molecule has 0 aliphatic carbocycles. The zero-order valence-electron chi connectivity index (χ0n) is 35.5. The van der Waals surface area contributed by atoms with E-state index in [9.17, 15) is 14.7 Å². The Morgan fingerprint density at radius 2 is 0.759 bits per heavy atom. The van der Waals surface area contributed by atoms with Gasteiger partial charge in [-0.25, -0.2) is 0 Å². The maximum atomic E-state index is 12.2. The molecule has 0 unspecified atom stereocenters. The third-order valence-corrected chi connectivity index (χ3v) is 9.78. The van der Waals surface area contributed by atoms with Gasteiger partial charge in [0.05, 0.1) is 6.61 Å². The molecule has 0 heterocycles. The molecule has 0 spiro atoms. The largest absolute Gasteiger partial charge is 0.462 e. The highest BCUT2D eigenvalue weighted by atomic mass is 16.6. The Morgan fingerprint density at radius 3 is 1.19 bits per heavy atom. The molecule has 5 nitrogen and oxygen atoms in total. The lowest BCUT2D eigenvalue weighted by molar-refractivity contribution is -0.161. The molecule has 0 aromatic heterocycles. The number of aliphatic hydroxyl groups is 1. The molecular formula is C49H86O5. The van der Waals surface area contributed by atoms with Gasteiger partial charge in [-0.3, -0.25) is 9.59 Å². The van der Waals surface area contributed by atoms with Gasteiger partial charge in [0.2, 0.25) is 0 Å². The predicted octanol–water partition coefficient (Wildman–Crippen LogP) is 14.7. The highest BCUT2D eigenvalue weighted by Crippen LogP contribution is 2.14. The van der Waals surface area contributed by atoms with Crippen LogP contribution in [0.3, 0.4) is 0 Å². The maximum absolute atomic E-state index is 12.2. The molecule has 0 saturated carbocycles. The average molecular weight is 755 g/mol. The van der Waals surface area contributed by atoms with Gasteiger partial charge >= 0.3 is 11.9 Å². The van der Waals surface area contributed by atoms with Crippen LogP contribution in [0, 0.1) is 0 Å². The van der Waals surface area contributed by atoms with Gasteiger partial charge in [0.1, 0.15) is 6.61 Å². The Balaban J connectivity index is 3.63. The number of hydrogen-bond donors (Lipinski definition) is 1. The summed E-state index contributed by atoms with van der Waals surface area (Å²) in [6.07, 6.45) is 58.7. The van der Waals surface area contributed by atoms with E-state index in [0.717, 1.165) is 44.9 Å². The second-order valence-corrected chi connectivity index (χ2v) is 15.1. The van der Waals surface area contributed by atoms with Crippen molar-refractivity contribution >= 4 is 11.9 Å². The molecule has 0 aliphatic rings. The van der Waals surface area contributed by atoms with E-state index >= 15 is 0 Å². The molecule has 0 aliphatic heterocycles. The lowest BCUT2D eigenvalue weighted by Crippen LogP contribution is -2.28. The lowest BCUT2D eigenvalue weighted by Gasteiger charge is -2.15. The minimum atomic E-state index is -0.796. The SMILES string of the molecule is CCCCCCCC/C=C/CCCCCCCCCCCC(=O)O[C@@H](CO)COC(=O)CCC/C=C/C/C=C/C/C=C/C/C=C/CCCCCCCCC. The van der Waals surface area contributed by atoms with Gasteiger partial charge in [0.25, 0.3) is 0 Å². The molecule has 0 saturated heterocycles. The molecule has 0 bridgehead atoms. The van der Waals surface area contributed by atoms with Crippen molar-refractivity contribution in [3.63, 3.8) is 0 Å². The number of aliphatic hydroxyl groups excluding tert-OH is 1. The van der Waals surface area contributed by atoms with E-state index < -0.39 is 6.10 Å². The van der Waals surface area contributed by atoms with Crippen molar-refractivity contribution in [3.8, 4) is 0 Å². The summed E-state index contributed by atoms with van der Waals surface area (Å²) in [5.41, 5.74) is 0. The van der Waals surface area contributed by atoms with Crippen LogP contribution in [0.1, 0.15) is 219 Å². The molecule has 0 fully saturated rings. The normalized spacial score (nSPS) is 12.7. The van der Waals surface area contributed by atoms with Crippen molar-refractivity contribution in [1.29, 1.82) is 0 Å². The van der Waals surface area contributed by atoms with Gasteiger partial charge in [0, 0.05) is 12.8 Å². The third kappa shape index (κ3) is 42.3. The van der Waals surface area contributed by atoms with E-state index in [-0.39, 0.29) is 25.2 Å². The summed E-state index contributed by atoms with van der Waals surface area (Å²) in [5.74, 6) is -0.657. The van der Waals surface area contributed by atoms with E-state index in [0.29, 0.717) is 19.3 Å². The van der Waals surface area contributed by atoms with Crippen LogP contribution in [0.2, 0.25) is 0 Å². The molecule has 0 aromatic rings. The fourth-order valence-corrected chi connectivity index (χ4v) is 6.31. The summed E-state index contributed by atoms with van der Waals surface area (Å²) < 4.78 is 10.6. The second kappa shape index (κ2) is 45.0. The van der Waals surface area contributed by atoms with Crippen molar-refractivity contribution in [3.05, 3.63) is 60.8 Å². The topological polar surface area (TPSA) is 72.8 Å². The Morgan fingerprint density at radius 1 is 0.426 bits per heavy atom. The summed E-state index contributed by atoms with van der Waals surface area (Å²) in [5, 5.41) is 9.59. The minimum absolute atomic E-state index is 0.0961. The van der Waals surface area contributed by atoms with E-state index in [2.05, 4.69) is 74.6 Å². The van der Waals surface area contributed by atoms with Gasteiger partial charge in [-0.2, -0.15) is 0 Å². The van der Waals surface area contributed by atoms with Gasteiger partial charge in [0.15, 0.2) is 6.10 Å². The molecular weight excluding hydrogens is 669 g/mol. The van der Waals surface area contributed by atoms with Crippen LogP contribution >= 0.6 is 0 Å². The molecule has 54 heavy (non-hydrogen) atoms. The number of carbonyl (C=O) groups excluding carboxylic acids is 2. The van der Waals surface area contributed by atoms with Crippen LogP contribution in [0.15, 0.2) is 60.8 Å². The quantitative estimate of drug-likeness (QED) is 0.0382. The van der Waals surface area contributed by atoms with Crippen molar-refractivity contribution in [1.82, 2.24) is 0 Å². The Hall–Kier alpha value is -2.40. The van der Waals surface area contributed by atoms with Gasteiger partial charge in [-0.1, -0.05) is 190 Å². The van der Waals surface area contributed by atoms with E-state index in [4.69, 9.17) is 9.47 Å². The number of rotatable bonds is 41. The summed E-state index contributed by atoms with van der Waals surface area (Å²) >= 11 is 0. The Labute approximate surface area is 334 Å². The molecule has 0 aromatic carbocycles. The first kappa shape index (κ1) is 51.6. The first-order valence-corrected chi connectivity index (χ1v) is 22.8. The van der Waals surface area contributed by atoms with Crippen molar-refractivity contribution in [2.24, 2.45) is 0 Å². The van der Waals surface area contributed by atoms with Crippen molar-refractivity contribution in [2.75, 3.05) is 13.2 Å². The fraction of sp³-hybridized carbons (Fsp3) is 0.755. The molecule has 0 rings (SSSR count). The second-order valence-electron chi connectivity index (χ2n) is 15.1. The molecule has 1 N–H and O–H groups in total. The number of carbonyl (C=O) groups is 2. The summed E-state index contributed by atoms with van der Waals surface area (Å²) in [6, 6.07) is 0. The van der Waals surface area contributed by atoms with E-state index in [1.807, 2.05) is 0 Å². The lowest BCUT2D eigenvalue weighted by atomic mass is 10.1. The molecule has 312 valence electrons. The highest BCUT2D eigenvalue weighted by molar-refractivity contribution is 5.70. The fourth-order valence-electron chi connectivity index (χ4n) is 6.31. The smallest absolute Gasteiger partial charge is 0.306 e. The van der Waals surface area contributed by atoms with Crippen LogP contribution in [0.4, 0.5) is 0 Å². The number of ether oxygens (including phenoxy) is 2. The van der Waals surface area contributed by atoms with Gasteiger partial charge in [-0.05, 0) is 77.0 Å². The zero-order chi connectivity index (χ0) is 39.3. The Bertz CT molecular complexity index is 946. The summed E-state index contributed by atoms with van der Waals surface area (Å²) in [4.78, 5) is 24.3. The number of esters is 2. The predicted molar refractivity (Wildman–Crippen MR) is 233 cm³/mol. The number of unbranched alkanes of at least 4 members (excludes halogenated alkanes) is 23. The van der Waals surface area contributed by atoms with Crippen LogP contribution in [0.5, 0.6) is 0 Å². The van der Waals surface area contributed by atoms with E-state index in [1.54, 1.807) is 0 Å². The van der Waals surface area contributed by atoms with Gasteiger partial charge in [-0.15, -0.1) is 0 Å². The van der Waals surface area contributed by atoms with E-state index in [1.165, 1.54) is 141 Å². The zero-order valence-corrected chi connectivity index (χ0v) is 35.5.